The Morgan fingerprint density at radius 3 is 2.15 bits per heavy atom. The van der Waals surface area contributed by atoms with Crippen LogP contribution in [0.5, 0.6) is 0 Å². The summed E-state index contributed by atoms with van der Waals surface area (Å²) in [5.41, 5.74) is 8.52. The maximum Gasteiger partial charge on any atom is 0.243 e. The normalized spacial score (nSPS) is 12.9. The van der Waals surface area contributed by atoms with Crippen LogP contribution in [0, 0.1) is 18.5 Å². The van der Waals surface area contributed by atoms with Crippen molar-refractivity contribution >= 4 is 76.3 Å². The van der Waals surface area contributed by atoms with E-state index in [0.717, 1.165) is 87.8 Å². The third-order valence-corrected chi connectivity index (χ3v) is 11.5. The zero-order chi connectivity index (χ0) is 42.3. The van der Waals surface area contributed by atoms with E-state index in [0.29, 0.717) is 17.6 Å². The Morgan fingerprint density at radius 2 is 1.33 bits per heavy atom. The molecule has 4 aromatic heterocycles. The zero-order valence-electron chi connectivity index (χ0n) is 36.2. The molecule has 4 heterocycles. The number of pyridine rings is 1. The van der Waals surface area contributed by atoms with Gasteiger partial charge in [0.1, 0.15) is 17.0 Å². The largest absolute Gasteiger partial charge is 0.456 e. The number of hydrogen-bond acceptors (Lipinski definition) is 2. The SMILES string of the molecule is [2H]C([2H])([2H])[n+]1[c-]n(-c2[c-]c(Cc3[c-]c4c(cc3)c3ccccc3n4-c3cc(C(C)(C)C)ccn3)ccc2)c2ccccc2c2ccc3oc4ccccc4c3c2c2ccccc21.[Pt]. The standard InChI is InChI=1S/C54H40N4O.Pt/c1-54(2,3)37-28-29-55-51(33-37)58-47-22-11-6-16-39(47)41-25-24-36(32-48(41)58)30-35-14-13-15-38(31-35)57-34-56(4)45-20-9-7-18-43(45)52-42(40-17-5-10-21-46(40)57)26-27-50-53(52)44-19-8-12-23-49(44)59-50;/h5-29,33H,30H2,1-4H3;/q-2;/i4D3;. The third kappa shape index (κ3) is 6.19. The second-order valence-corrected chi connectivity index (χ2v) is 16.3. The fourth-order valence-corrected chi connectivity index (χ4v) is 8.71. The molecule has 0 N–H and O–H groups in total. The molecule has 0 saturated heterocycles. The molecule has 0 unspecified atom stereocenters. The number of nitrogens with zero attached hydrogens (tertiary/aromatic N) is 4. The van der Waals surface area contributed by atoms with Crippen molar-refractivity contribution in [2.75, 3.05) is 0 Å². The molecule has 0 aliphatic carbocycles. The fourth-order valence-electron chi connectivity index (χ4n) is 8.71. The maximum atomic E-state index is 8.93. The van der Waals surface area contributed by atoms with Crippen LogP contribution in [0.4, 0.5) is 0 Å². The van der Waals surface area contributed by atoms with Gasteiger partial charge in [-0.3, -0.25) is 0 Å². The Hall–Kier alpha value is -6.55. The summed E-state index contributed by atoms with van der Waals surface area (Å²) < 4.78 is 38.5. The summed E-state index contributed by atoms with van der Waals surface area (Å²) >= 11 is 0. The van der Waals surface area contributed by atoms with E-state index in [9.17, 15) is 0 Å². The summed E-state index contributed by atoms with van der Waals surface area (Å²) in [5, 5.41) is 7.66. The molecule has 6 heteroatoms. The van der Waals surface area contributed by atoms with E-state index < -0.39 is 6.98 Å². The number of rotatable bonds is 4. The van der Waals surface area contributed by atoms with E-state index in [1.165, 1.54) is 10.1 Å². The Bertz CT molecular complexity index is 3670. The van der Waals surface area contributed by atoms with Crippen LogP contribution in [0.15, 0.2) is 162 Å². The first-order chi connectivity index (χ1) is 30.0. The number of fused-ring (bicyclic) bond motifs is 12. The fraction of sp³-hybridized carbons (Fsp3) is 0.111. The number of hydrogen-bond donors (Lipinski definition) is 0. The molecule has 5 nitrogen and oxygen atoms in total. The van der Waals surface area contributed by atoms with E-state index in [1.807, 2.05) is 89.6 Å². The van der Waals surface area contributed by atoms with E-state index in [2.05, 4.69) is 117 Å². The summed E-state index contributed by atoms with van der Waals surface area (Å²) in [4.78, 5) is 4.86. The average molecular weight is 959 g/mol. The summed E-state index contributed by atoms with van der Waals surface area (Å²) in [6.07, 6.45) is 5.81. The summed E-state index contributed by atoms with van der Waals surface area (Å²) in [6.45, 7) is 4.05. The van der Waals surface area contributed by atoms with Crippen LogP contribution in [0.25, 0.3) is 87.8 Å². The summed E-state index contributed by atoms with van der Waals surface area (Å²) in [5.74, 6) is 0.854. The molecule has 0 fully saturated rings. The summed E-state index contributed by atoms with van der Waals surface area (Å²) in [6, 6.07) is 58.4. The van der Waals surface area contributed by atoms with Crippen molar-refractivity contribution in [3.63, 3.8) is 0 Å². The van der Waals surface area contributed by atoms with E-state index in [4.69, 9.17) is 13.5 Å². The minimum atomic E-state index is -2.60. The van der Waals surface area contributed by atoms with Gasteiger partial charge in [-0.05, 0) is 74.7 Å². The average Bonchev–Trinajstić information content (AvgIpc) is 3.82. The molecule has 294 valence electrons. The van der Waals surface area contributed by atoms with E-state index in [1.54, 1.807) is 0 Å². The van der Waals surface area contributed by atoms with Crippen LogP contribution in [-0.2, 0) is 39.9 Å². The van der Waals surface area contributed by atoms with Gasteiger partial charge in [0.2, 0.25) is 6.33 Å². The van der Waals surface area contributed by atoms with Crippen molar-refractivity contribution in [3.8, 4) is 11.5 Å². The first-order valence-electron chi connectivity index (χ1n) is 21.4. The molecule has 7 aromatic carbocycles. The van der Waals surface area contributed by atoms with E-state index >= 15 is 0 Å². The molecule has 11 rings (SSSR count). The van der Waals surface area contributed by atoms with Gasteiger partial charge in [-0.25, -0.2) is 4.98 Å². The third-order valence-electron chi connectivity index (χ3n) is 11.5. The molecule has 0 aliphatic heterocycles. The van der Waals surface area contributed by atoms with Crippen molar-refractivity contribution < 1.29 is 34.2 Å². The smallest absolute Gasteiger partial charge is 0.243 e. The van der Waals surface area contributed by atoms with Crippen LogP contribution in [0.1, 0.15) is 41.6 Å². The minimum absolute atomic E-state index is 0. The van der Waals surface area contributed by atoms with Crippen molar-refractivity contribution in [2.24, 2.45) is 6.98 Å². The number of aromatic nitrogens is 4. The first-order valence-corrected chi connectivity index (χ1v) is 19.9. The molecular formula is C54H40N4OPt-2. The Labute approximate surface area is 366 Å². The second kappa shape index (κ2) is 14.6. The topological polar surface area (TPSA) is 39.8 Å². The number of benzene rings is 7. The quantitative estimate of drug-likeness (QED) is 0.130. The summed E-state index contributed by atoms with van der Waals surface area (Å²) in [7, 11) is 0. The van der Waals surface area contributed by atoms with Crippen LogP contribution >= 0.6 is 0 Å². The first kappa shape index (κ1) is 34.3. The van der Waals surface area contributed by atoms with Crippen molar-refractivity contribution in [2.45, 2.75) is 32.6 Å². The molecule has 0 aliphatic rings. The van der Waals surface area contributed by atoms with Gasteiger partial charge in [0.15, 0.2) is 0 Å². The predicted octanol–water partition coefficient (Wildman–Crippen LogP) is 12.6. The van der Waals surface area contributed by atoms with Gasteiger partial charge in [-0.1, -0.05) is 123 Å². The van der Waals surface area contributed by atoms with Crippen molar-refractivity contribution in [3.05, 3.63) is 193 Å². The van der Waals surface area contributed by atoms with Gasteiger partial charge in [-0.15, -0.1) is 5.39 Å². The second-order valence-electron chi connectivity index (χ2n) is 16.3. The van der Waals surface area contributed by atoms with Crippen LogP contribution in [0.2, 0.25) is 0 Å². The van der Waals surface area contributed by atoms with Crippen LogP contribution < -0.4 is 4.57 Å². The van der Waals surface area contributed by atoms with Crippen LogP contribution in [-0.4, -0.2) is 14.1 Å². The molecule has 0 amide bonds. The van der Waals surface area contributed by atoms with Gasteiger partial charge >= 0.3 is 0 Å². The maximum absolute atomic E-state index is 8.93. The van der Waals surface area contributed by atoms with Gasteiger partial charge in [-0.2, -0.15) is 53.6 Å². The van der Waals surface area contributed by atoms with Crippen LogP contribution in [0.3, 0.4) is 0 Å². The number of furan rings is 1. The van der Waals surface area contributed by atoms with Gasteiger partial charge < -0.3 is 18.1 Å². The molecule has 60 heavy (non-hydrogen) atoms. The van der Waals surface area contributed by atoms with Gasteiger partial charge in [0.05, 0.1) is 22.1 Å². The molecule has 0 radical (unpaired) electrons. The van der Waals surface area contributed by atoms with E-state index in [-0.39, 0.29) is 26.5 Å². The van der Waals surface area contributed by atoms with Crippen molar-refractivity contribution in [1.29, 1.82) is 0 Å². The molecule has 0 saturated carbocycles. The van der Waals surface area contributed by atoms with Gasteiger partial charge in [0.25, 0.3) is 0 Å². The number of aryl methyl sites for hydroxylation is 1. The molecule has 0 bridgehead atoms. The number of para-hydroxylation sites is 4. The molecular weight excluding hydrogens is 916 g/mol. The zero-order valence-corrected chi connectivity index (χ0v) is 35.5. The Balaban J connectivity index is 0.00000471. The monoisotopic (exact) mass is 958 g/mol. The molecule has 11 aromatic rings. The van der Waals surface area contributed by atoms with Gasteiger partial charge in [0, 0.05) is 43.6 Å². The Kier molecular flexibility index (Phi) is 8.36. The molecule has 0 atom stereocenters. The van der Waals surface area contributed by atoms with Crippen molar-refractivity contribution in [1.82, 2.24) is 14.1 Å². The predicted molar refractivity (Wildman–Crippen MR) is 241 cm³/mol. The Morgan fingerprint density at radius 1 is 0.633 bits per heavy atom. The molecule has 0 spiro atoms. The minimum Gasteiger partial charge on any atom is -0.456 e.